The minimum atomic E-state index is -2.76. The molecule has 24 heavy (non-hydrogen) atoms. The standard InChI is InChI=1S/C16H24F2N2.C2H6.CH3N/c1-16(17,18)14-9-7-13(8-10-14)11-19-12-20(2)15-5-3-4-6-15;2*1-2/h7-10,15,19H,3-6,11-12H2,1-2H3;1-2H3;2H,1H2. The topological polar surface area (TPSA) is 39.1 Å². The zero-order valence-electron chi connectivity index (χ0n) is 15.5. The molecule has 1 saturated carbocycles. The van der Waals surface area contributed by atoms with Crippen LogP contribution < -0.4 is 5.32 Å². The van der Waals surface area contributed by atoms with Gasteiger partial charge < -0.3 is 10.7 Å². The molecule has 0 unspecified atom stereocenters. The Morgan fingerprint density at radius 3 is 2.12 bits per heavy atom. The second-order valence-corrected chi connectivity index (χ2v) is 5.87. The summed E-state index contributed by atoms with van der Waals surface area (Å²) < 4.78 is 26.2. The number of halogens is 2. The predicted molar refractivity (Wildman–Crippen MR) is 98.9 cm³/mol. The molecule has 2 N–H and O–H groups in total. The van der Waals surface area contributed by atoms with Gasteiger partial charge in [-0.1, -0.05) is 51.0 Å². The van der Waals surface area contributed by atoms with E-state index >= 15 is 0 Å². The molecule has 0 atom stereocenters. The minimum absolute atomic E-state index is 0.0734. The monoisotopic (exact) mass is 341 g/mol. The van der Waals surface area contributed by atoms with E-state index in [1.54, 1.807) is 12.1 Å². The Bertz CT molecular complexity index is 423. The lowest BCUT2D eigenvalue weighted by Crippen LogP contribution is -2.37. The molecule has 1 aromatic rings. The number of benzene rings is 1. The molecule has 0 saturated heterocycles. The zero-order valence-corrected chi connectivity index (χ0v) is 15.5. The van der Waals surface area contributed by atoms with E-state index in [0.29, 0.717) is 12.6 Å². The van der Waals surface area contributed by atoms with Crippen LogP contribution >= 0.6 is 0 Å². The van der Waals surface area contributed by atoms with Crippen LogP contribution in [0.5, 0.6) is 0 Å². The molecule has 2 rings (SSSR count). The number of rotatable bonds is 6. The van der Waals surface area contributed by atoms with Crippen molar-refractivity contribution in [3.8, 4) is 0 Å². The average molecular weight is 341 g/mol. The Labute approximate surface area is 146 Å². The SMILES string of the molecule is C=N.CC.CN(CNCc1ccc(C(C)(F)F)cc1)C1CCCC1. The van der Waals surface area contributed by atoms with Crippen LogP contribution in [0.1, 0.15) is 57.6 Å². The van der Waals surface area contributed by atoms with Gasteiger partial charge in [0.05, 0.1) is 0 Å². The van der Waals surface area contributed by atoms with Crippen LogP contribution in [0, 0.1) is 5.41 Å². The molecule has 0 heterocycles. The number of nitrogens with zero attached hydrogens (tertiary/aromatic N) is 1. The number of alkyl halides is 2. The summed E-state index contributed by atoms with van der Waals surface area (Å²) in [4.78, 5) is 2.35. The molecule has 1 fully saturated rings. The fourth-order valence-electron chi connectivity index (χ4n) is 2.77. The van der Waals surface area contributed by atoms with Crippen LogP contribution in [0.25, 0.3) is 0 Å². The summed E-state index contributed by atoms with van der Waals surface area (Å²) in [5, 5.41) is 8.87. The third-order valence-corrected chi connectivity index (χ3v) is 4.10. The van der Waals surface area contributed by atoms with Gasteiger partial charge in [-0.25, -0.2) is 8.78 Å². The van der Waals surface area contributed by atoms with Crippen molar-refractivity contribution in [3.05, 3.63) is 35.4 Å². The predicted octanol–water partition coefficient (Wildman–Crippen LogP) is 5.01. The Balaban J connectivity index is 0.00000123. The van der Waals surface area contributed by atoms with E-state index in [4.69, 9.17) is 5.41 Å². The number of hydrogen-bond donors (Lipinski definition) is 2. The molecule has 138 valence electrons. The molecule has 3 nitrogen and oxygen atoms in total. The summed E-state index contributed by atoms with van der Waals surface area (Å²) in [6.45, 7) is 8.99. The molecule has 1 aromatic carbocycles. The van der Waals surface area contributed by atoms with Gasteiger partial charge in [0.1, 0.15) is 0 Å². The zero-order chi connectivity index (χ0) is 18.6. The molecule has 1 aliphatic rings. The quantitative estimate of drug-likeness (QED) is 0.564. The van der Waals surface area contributed by atoms with E-state index in [2.05, 4.69) is 24.0 Å². The van der Waals surface area contributed by atoms with Crippen molar-refractivity contribution in [2.45, 2.75) is 65.0 Å². The molecule has 0 aromatic heterocycles. The fraction of sp³-hybridized carbons (Fsp3) is 0.632. The average Bonchev–Trinajstić information content (AvgIpc) is 3.13. The molecule has 0 aliphatic heterocycles. The summed E-state index contributed by atoms with van der Waals surface area (Å²) >= 11 is 0. The van der Waals surface area contributed by atoms with Gasteiger partial charge in [-0.3, -0.25) is 4.90 Å². The fourth-order valence-corrected chi connectivity index (χ4v) is 2.77. The molecule has 0 amide bonds. The van der Waals surface area contributed by atoms with Gasteiger partial charge in [-0.05, 0) is 32.2 Å². The van der Waals surface area contributed by atoms with Crippen molar-refractivity contribution in [2.75, 3.05) is 13.7 Å². The van der Waals surface area contributed by atoms with E-state index < -0.39 is 5.92 Å². The highest BCUT2D eigenvalue weighted by Gasteiger charge is 2.23. The molecule has 5 heteroatoms. The van der Waals surface area contributed by atoms with Crippen molar-refractivity contribution in [2.24, 2.45) is 0 Å². The Morgan fingerprint density at radius 1 is 1.17 bits per heavy atom. The van der Waals surface area contributed by atoms with Crippen LogP contribution in [-0.2, 0) is 12.5 Å². The van der Waals surface area contributed by atoms with Crippen molar-refractivity contribution >= 4 is 6.72 Å². The first kappa shape index (κ1) is 22.7. The lowest BCUT2D eigenvalue weighted by molar-refractivity contribution is 0.0174. The van der Waals surface area contributed by atoms with Crippen molar-refractivity contribution in [1.29, 1.82) is 5.41 Å². The Morgan fingerprint density at radius 2 is 1.67 bits per heavy atom. The Kier molecular flexibility index (Phi) is 11.4. The van der Waals surface area contributed by atoms with Gasteiger partial charge in [-0.2, -0.15) is 0 Å². The lowest BCUT2D eigenvalue weighted by atomic mass is 10.1. The first-order valence-electron chi connectivity index (χ1n) is 8.70. The summed E-state index contributed by atoms with van der Waals surface area (Å²) in [6.07, 6.45) is 5.25. The third-order valence-electron chi connectivity index (χ3n) is 4.10. The van der Waals surface area contributed by atoms with Gasteiger partial charge in [0.15, 0.2) is 0 Å². The Hall–Kier alpha value is -1.33. The minimum Gasteiger partial charge on any atom is -0.317 e. The van der Waals surface area contributed by atoms with Crippen LogP contribution in [0.2, 0.25) is 0 Å². The molecular weight excluding hydrogens is 308 g/mol. The van der Waals surface area contributed by atoms with E-state index in [1.807, 2.05) is 13.8 Å². The normalized spacial score (nSPS) is 14.6. The van der Waals surface area contributed by atoms with E-state index in [0.717, 1.165) is 19.2 Å². The second-order valence-electron chi connectivity index (χ2n) is 5.87. The van der Waals surface area contributed by atoms with Gasteiger partial charge >= 0.3 is 0 Å². The molecule has 1 aliphatic carbocycles. The van der Waals surface area contributed by atoms with E-state index in [-0.39, 0.29) is 5.56 Å². The first-order chi connectivity index (χ1) is 11.5. The van der Waals surface area contributed by atoms with Crippen molar-refractivity contribution < 1.29 is 8.78 Å². The molecular formula is C19H33F2N3. The molecule has 0 radical (unpaired) electrons. The largest absolute Gasteiger partial charge is 0.317 e. The van der Waals surface area contributed by atoms with Crippen LogP contribution in [0.3, 0.4) is 0 Å². The smallest absolute Gasteiger partial charge is 0.270 e. The summed E-state index contributed by atoms with van der Waals surface area (Å²) in [5.41, 5.74) is 1.11. The summed E-state index contributed by atoms with van der Waals surface area (Å²) in [7, 11) is 2.14. The van der Waals surface area contributed by atoms with Crippen LogP contribution in [0.15, 0.2) is 24.3 Å². The van der Waals surface area contributed by atoms with E-state index in [1.165, 1.54) is 37.8 Å². The van der Waals surface area contributed by atoms with Crippen molar-refractivity contribution in [3.63, 3.8) is 0 Å². The first-order valence-corrected chi connectivity index (χ1v) is 8.70. The number of nitrogens with one attached hydrogen (secondary N) is 2. The van der Waals surface area contributed by atoms with Gasteiger partial charge in [0.2, 0.25) is 0 Å². The lowest BCUT2D eigenvalue weighted by Gasteiger charge is -2.24. The number of hydrogen-bond acceptors (Lipinski definition) is 3. The van der Waals surface area contributed by atoms with Crippen molar-refractivity contribution in [1.82, 2.24) is 10.2 Å². The van der Waals surface area contributed by atoms with Crippen LogP contribution in [-0.4, -0.2) is 31.4 Å². The highest BCUT2D eigenvalue weighted by atomic mass is 19.3. The third kappa shape index (κ3) is 7.97. The maximum Gasteiger partial charge on any atom is 0.270 e. The molecule has 0 spiro atoms. The second kappa shape index (κ2) is 12.1. The maximum atomic E-state index is 13.1. The van der Waals surface area contributed by atoms with Crippen LogP contribution in [0.4, 0.5) is 8.78 Å². The molecule has 0 bridgehead atoms. The highest BCUT2D eigenvalue weighted by molar-refractivity contribution is 5.25. The van der Waals surface area contributed by atoms with Gasteiger partial charge in [0.25, 0.3) is 5.92 Å². The summed E-state index contributed by atoms with van der Waals surface area (Å²) in [5.74, 6) is -2.76. The van der Waals surface area contributed by atoms with E-state index in [9.17, 15) is 8.78 Å². The highest BCUT2D eigenvalue weighted by Crippen LogP contribution is 2.26. The maximum absolute atomic E-state index is 13.1. The summed E-state index contributed by atoms with van der Waals surface area (Å²) in [6, 6.07) is 7.27. The van der Waals surface area contributed by atoms with Gasteiger partial charge in [-0.15, -0.1) is 0 Å². The van der Waals surface area contributed by atoms with Gasteiger partial charge in [0, 0.05) is 31.7 Å².